The number of thiophene rings is 1. The molecule has 1 atom stereocenters. The standard InChI is InChI=1S/C17H20N4O2S/c22-17(20-14-11-21-8-5-12(14)6-9-21)23-16-4-3-15(24-16)19-13-2-1-7-18-10-13/h1-4,7,10,12,14,19H,5-6,8-9,11H2,(H,20,22). The second kappa shape index (κ2) is 6.78. The van der Waals surface area contributed by atoms with Gasteiger partial charge in [0.1, 0.15) is 0 Å². The summed E-state index contributed by atoms with van der Waals surface area (Å²) < 4.78 is 5.44. The van der Waals surface area contributed by atoms with Crippen LogP contribution in [0, 0.1) is 5.92 Å². The Balaban J connectivity index is 1.31. The summed E-state index contributed by atoms with van der Waals surface area (Å²) in [5, 5.41) is 7.76. The Kier molecular flexibility index (Phi) is 4.36. The van der Waals surface area contributed by atoms with E-state index < -0.39 is 0 Å². The summed E-state index contributed by atoms with van der Waals surface area (Å²) in [5.41, 5.74) is 0.905. The number of hydrogen-bond acceptors (Lipinski definition) is 6. The highest BCUT2D eigenvalue weighted by Gasteiger charge is 2.35. The SMILES string of the molecule is O=C(NC1CN2CCC1CC2)Oc1ccc(Nc2cccnc2)s1. The van der Waals surface area contributed by atoms with Gasteiger partial charge in [0.05, 0.1) is 16.9 Å². The average molecular weight is 344 g/mol. The Morgan fingerprint density at radius 2 is 2.17 bits per heavy atom. The molecule has 24 heavy (non-hydrogen) atoms. The van der Waals surface area contributed by atoms with Crippen LogP contribution in [0.25, 0.3) is 0 Å². The van der Waals surface area contributed by atoms with Crippen LogP contribution in [0.3, 0.4) is 0 Å². The topological polar surface area (TPSA) is 66.5 Å². The van der Waals surface area contributed by atoms with Crippen molar-refractivity contribution in [3.05, 3.63) is 36.7 Å². The summed E-state index contributed by atoms with van der Waals surface area (Å²) in [7, 11) is 0. The Morgan fingerprint density at radius 1 is 1.29 bits per heavy atom. The largest absolute Gasteiger partial charge is 0.413 e. The lowest BCUT2D eigenvalue weighted by atomic mass is 9.84. The van der Waals surface area contributed by atoms with Crippen molar-refractivity contribution in [3.8, 4) is 5.06 Å². The zero-order valence-corrected chi connectivity index (χ0v) is 14.1. The van der Waals surface area contributed by atoms with Crippen molar-refractivity contribution >= 4 is 28.1 Å². The normalized spacial score (nSPS) is 25.2. The highest BCUT2D eigenvalue weighted by atomic mass is 32.1. The highest BCUT2D eigenvalue weighted by Crippen LogP contribution is 2.31. The maximum absolute atomic E-state index is 12.1. The molecule has 3 aliphatic rings. The van der Waals surface area contributed by atoms with E-state index in [0.717, 1.165) is 30.3 Å². The summed E-state index contributed by atoms with van der Waals surface area (Å²) in [6, 6.07) is 7.73. The van der Waals surface area contributed by atoms with Crippen LogP contribution in [0.2, 0.25) is 0 Å². The van der Waals surface area contributed by atoms with E-state index in [-0.39, 0.29) is 12.1 Å². The van der Waals surface area contributed by atoms with Crippen molar-refractivity contribution in [1.82, 2.24) is 15.2 Å². The number of ether oxygens (including phenoxy) is 1. The minimum Gasteiger partial charge on any atom is -0.399 e. The number of piperidine rings is 3. The van der Waals surface area contributed by atoms with E-state index in [0.29, 0.717) is 11.0 Å². The van der Waals surface area contributed by atoms with Crippen molar-refractivity contribution in [2.75, 3.05) is 25.0 Å². The van der Waals surface area contributed by atoms with Crippen molar-refractivity contribution in [3.63, 3.8) is 0 Å². The molecule has 1 unspecified atom stereocenters. The van der Waals surface area contributed by atoms with Gasteiger partial charge < -0.3 is 20.3 Å². The molecular weight excluding hydrogens is 324 g/mol. The lowest BCUT2D eigenvalue weighted by molar-refractivity contribution is 0.0726. The van der Waals surface area contributed by atoms with E-state index in [1.165, 1.54) is 24.2 Å². The van der Waals surface area contributed by atoms with Gasteiger partial charge in [-0.3, -0.25) is 4.98 Å². The first-order valence-electron chi connectivity index (χ1n) is 8.24. The third-order valence-corrected chi connectivity index (χ3v) is 5.54. The van der Waals surface area contributed by atoms with Gasteiger partial charge in [-0.1, -0.05) is 11.3 Å². The van der Waals surface area contributed by atoms with Crippen LogP contribution in [-0.4, -0.2) is 41.7 Å². The number of hydrogen-bond donors (Lipinski definition) is 2. The zero-order valence-electron chi connectivity index (χ0n) is 13.3. The first-order chi connectivity index (χ1) is 11.8. The second-order valence-corrected chi connectivity index (χ2v) is 7.31. The maximum Gasteiger partial charge on any atom is 0.413 e. The number of aromatic nitrogens is 1. The number of nitrogens with zero attached hydrogens (tertiary/aromatic N) is 2. The minimum absolute atomic E-state index is 0.216. The molecular formula is C17H20N4O2S. The van der Waals surface area contributed by atoms with E-state index in [1.54, 1.807) is 18.5 Å². The van der Waals surface area contributed by atoms with Gasteiger partial charge >= 0.3 is 6.09 Å². The van der Waals surface area contributed by atoms with Crippen molar-refractivity contribution in [1.29, 1.82) is 0 Å². The van der Waals surface area contributed by atoms with Crippen LogP contribution in [-0.2, 0) is 0 Å². The number of pyridine rings is 1. The molecule has 0 aromatic carbocycles. The molecule has 0 saturated carbocycles. The summed E-state index contributed by atoms with van der Waals surface area (Å²) in [6.45, 7) is 3.26. The molecule has 3 fully saturated rings. The number of amides is 1. The third kappa shape index (κ3) is 3.52. The van der Waals surface area contributed by atoms with E-state index in [2.05, 4.69) is 20.5 Å². The van der Waals surface area contributed by atoms with Crippen LogP contribution in [0.5, 0.6) is 5.06 Å². The summed E-state index contributed by atoms with van der Waals surface area (Å²) >= 11 is 1.40. The van der Waals surface area contributed by atoms with E-state index >= 15 is 0 Å². The molecule has 2 N–H and O–H groups in total. The van der Waals surface area contributed by atoms with Gasteiger partial charge in [0.15, 0.2) is 5.06 Å². The van der Waals surface area contributed by atoms with E-state index in [4.69, 9.17) is 4.74 Å². The van der Waals surface area contributed by atoms with Crippen LogP contribution >= 0.6 is 11.3 Å². The van der Waals surface area contributed by atoms with Gasteiger partial charge in [-0.2, -0.15) is 0 Å². The lowest BCUT2D eigenvalue weighted by Crippen LogP contribution is -2.57. The van der Waals surface area contributed by atoms with Crippen LogP contribution in [0.4, 0.5) is 15.5 Å². The molecule has 3 saturated heterocycles. The smallest absolute Gasteiger partial charge is 0.399 e. The predicted octanol–water partition coefficient (Wildman–Crippen LogP) is 3.07. The highest BCUT2D eigenvalue weighted by molar-refractivity contribution is 7.17. The number of rotatable bonds is 4. The van der Waals surface area contributed by atoms with Gasteiger partial charge in [-0.05, 0) is 56.1 Å². The molecule has 0 aliphatic carbocycles. The van der Waals surface area contributed by atoms with Crippen LogP contribution in [0.15, 0.2) is 36.7 Å². The molecule has 5 heterocycles. The second-order valence-electron chi connectivity index (χ2n) is 6.26. The molecule has 2 aromatic rings. The molecule has 7 heteroatoms. The summed E-state index contributed by atoms with van der Waals surface area (Å²) in [6.07, 6.45) is 5.46. The molecule has 2 aromatic heterocycles. The van der Waals surface area contributed by atoms with Gasteiger partial charge in [-0.25, -0.2) is 4.79 Å². The molecule has 0 radical (unpaired) electrons. The van der Waals surface area contributed by atoms with Crippen molar-refractivity contribution in [2.24, 2.45) is 5.92 Å². The third-order valence-electron chi connectivity index (χ3n) is 4.66. The fourth-order valence-electron chi connectivity index (χ4n) is 3.42. The van der Waals surface area contributed by atoms with Gasteiger partial charge in [0, 0.05) is 18.8 Å². The number of carbonyl (C=O) groups is 1. The Bertz CT molecular complexity index is 698. The van der Waals surface area contributed by atoms with Crippen molar-refractivity contribution < 1.29 is 9.53 Å². The molecule has 3 aliphatic heterocycles. The Hall–Kier alpha value is -2.12. The minimum atomic E-state index is -0.358. The number of fused-ring (bicyclic) bond motifs is 3. The molecule has 2 bridgehead atoms. The number of nitrogens with one attached hydrogen (secondary N) is 2. The molecule has 0 spiro atoms. The van der Waals surface area contributed by atoms with Crippen molar-refractivity contribution in [2.45, 2.75) is 18.9 Å². The van der Waals surface area contributed by atoms with Crippen LogP contribution in [0.1, 0.15) is 12.8 Å². The molecule has 6 nitrogen and oxygen atoms in total. The van der Waals surface area contributed by atoms with E-state index in [9.17, 15) is 4.79 Å². The quantitative estimate of drug-likeness (QED) is 0.892. The predicted molar refractivity (Wildman–Crippen MR) is 94.0 cm³/mol. The fourth-order valence-corrected chi connectivity index (χ4v) is 4.20. The zero-order chi connectivity index (χ0) is 16.4. The Labute approximate surface area is 144 Å². The van der Waals surface area contributed by atoms with Gasteiger partial charge in [-0.15, -0.1) is 0 Å². The lowest BCUT2D eigenvalue weighted by Gasteiger charge is -2.44. The van der Waals surface area contributed by atoms with Crippen LogP contribution < -0.4 is 15.4 Å². The first kappa shape index (κ1) is 15.4. The molecule has 5 rings (SSSR count). The number of anilines is 2. The van der Waals surface area contributed by atoms with E-state index in [1.807, 2.05) is 18.2 Å². The van der Waals surface area contributed by atoms with Gasteiger partial charge in [0.25, 0.3) is 0 Å². The molecule has 1 amide bonds. The summed E-state index contributed by atoms with van der Waals surface area (Å²) in [5.74, 6) is 0.591. The fraction of sp³-hybridized carbons (Fsp3) is 0.412. The average Bonchev–Trinajstić information content (AvgIpc) is 3.03. The monoisotopic (exact) mass is 344 g/mol. The maximum atomic E-state index is 12.1. The molecule has 126 valence electrons. The first-order valence-corrected chi connectivity index (χ1v) is 9.05. The summed E-state index contributed by atoms with van der Waals surface area (Å²) in [4.78, 5) is 18.6. The number of carbonyl (C=O) groups excluding carboxylic acids is 1. The Morgan fingerprint density at radius 3 is 2.88 bits per heavy atom. The van der Waals surface area contributed by atoms with Gasteiger partial charge in [0.2, 0.25) is 0 Å².